The van der Waals surface area contributed by atoms with Crippen molar-refractivity contribution in [3.63, 3.8) is 0 Å². The van der Waals surface area contributed by atoms with E-state index in [1.165, 1.54) is 4.31 Å². The van der Waals surface area contributed by atoms with Gasteiger partial charge in [0.1, 0.15) is 6.04 Å². The second-order valence-corrected chi connectivity index (χ2v) is 6.71. The molecule has 2 heterocycles. The van der Waals surface area contributed by atoms with Crippen molar-refractivity contribution in [2.45, 2.75) is 31.7 Å². The summed E-state index contributed by atoms with van der Waals surface area (Å²) in [5.41, 5.74) is 0. The molecule has 0 bridgehead atoms. The lowest BCUT2D eigenvalue weighted by Crippen LogP contribution is -2.53. The molecule has 0 saturated carbocycles. The molecule has 0 aromatic rings. The lowest BCUT2D eigenvalue weighted by atomic mass is 10.1. The van der Waals surface area contributed by atoms with Crippen LogP contribution in [0.3, 0.4) is 0 Å². The van der Waals surface area contributed by atoms with E-state index in [4.69, 9.17) is 4.74 Å². The highest BCUT2D eigenvalue weighted by molar-refractivity contribution is 7.86. The van der Waals surface area contributed by atoms with Crippen molar-refractivity contribution in [3.8, 4) is 0 Å². The minimum Gasteiger partial charge on any atom is -0.480 e. The average Bonchev–Trinajstić information content (AvgIpc) is 2.65. The van der Waals surface area contributed by atoms with E-state index in [0.29, 0.717) is 39.1 Å². The summed E-state index contributed by atoms with van der Waals surface area (Å²) >= 11 is 0. The van der Waals surface area contributed by atoms with Crippen LogP contribution < -0.4 is 0 Å². The van der Waals surface area contributed by atoms with Crippen LogP contribution in [0.4, 0.5) is 0 Å². The van der Waals surface area contributed by atoms with Gasteiger partial charge in [0.2, 0.25) is 0 Å². The molecular formula is C11H20N2O5S. The number of carbonyl (C=O) groups is 1. The van der Waals surface area contributed by atoms with E-state index in [9.17, 15) is 18.3 Å². The first-order valence-electron chi connectivity index (χ1n) is 6.61. The summed E-state index contributed by atoms with van der Waals surface area (Å²) in [6.07, 6.45) is 2.73. The van der Waals surface area contributed by atoms with Crippen molar-refractivity contribution in [1.29, 1.82) is 0 Å². The van der Waals surface area contributed by atoms with Gasteiger partial charge in [0, 0.05) is 19.6 Å². The molecule has 2 aliphatic heterocycles. The van der Waals surface area contributed by atoms with E-state index >= 15 is 0 Å². The summed E-state index contributed by atoms with van der Waals surface area (Å²) in [5, 5.41) is 9.25. The van der Waals surface area contributed by atoms with Gasteiger partial charge in [0.05, 0.1) is 13.2 Å². The molecule has 0 amide bonds. The van der Waals surface area contributed by atoms with Crippen LogP contribution in [0, 0.1) is 0 Å². The standard InChI is InChI=1S/C11H20N2O5S/c14-11(15)10-4-2-1-3-5-13(10)19(16,17)12-6-8-18-9-7-12/h10H,1-9H2,(H,14,15). The molecule has 2 saturated heterocycles. The van der Waals surface area contributed by atoms with Crippen LogP contribution in [0.2, 0.25) is 0 Å². The van der Waals surface area contributed by atoms with Gasteiger partial charge in [-0.3, -0.25) is 4.79 Å². The van der Waals surface area contributed by atoms with E-state index in [0.717, 1.165) is 17.1 Å². The fourth-order valence-corrected chi connectivity index (χ4v) is 4.31. The van der Waals surface area contributed by atoms with Crippen LogP contribution in [-0.4, -0.2) is 67.0 Å². The molecule has 8 heteroatoms. The first kappa shape index (κ1) is 14.7. The smallest absolute Gasteiger partial charge is 0.322 e. The lowest BCUT2D eigenvalue weighted by molar-refractivity contribution is -0.141. The Hall–Kier alpha value is -0.700. The Morgan fingerprint density at radius 1 is 1.11 bits per heavy atom. The third-order valence-electron chi connectivity index (χ3n) is 3.58. The van der Waals surface area contributed by atoms with Crippen LogP contribution in [0.5, 0.6) is 0 Å². The van der Waals surface area contributed by atoms with Crippen molar-refractivity contribution in [2.75, 3.05) is 32.8 Å². The number of carboxylic acid groups (broad SMARTS) is 1. The maximum Gasteiger partial charge on any atom is 0.322 e. The average molecular weight is 292 g/mol. The maximum atomic E-state index is 12.5. The summed E-state index contributed by atoms with van der Waals surface area (Å²) in [5.74, 6) is -1.06. The monoisotopic (exact) mass is 292 g/mol. The molecule has 0 aromatic carbocycles. The molecule has 1 atom stereocenters. The summed E-state index contributed by atoms with van der Waals surface area (Å²) in [6, 6.07) is -0.935. The van der Waals surface area contributed by atoms with Crippen LogP contribution in [0.15, 0.2) is 0 Å². The summed E-state index contributed by atoms with van der Waals surface area (Å²) in [7, 11) is -3.70. The van der Waals surface area contributed by atoms with Crippen LogP contribution in [-0.2, 0) is 19.7 Å². The molecule has 0 radical (unpaired) electrons. The molecule has 1 N–H and O–H groups in total. The number of hydrogen-bond acceptors (Lipinski definition) is 4. The molecule has 0 aliphatic carbocycles. The Morgan fingerprint density at radius 2 is 1.79 bits per heavy atom. The summed E-state index contributed by atoms with van der Waals surface area (Å²) in [6.45, 7) is 1.61. The topological polar surface area (TPSA) is 87.2 Å². The van der Waals surface area contributed by atoms with Crippen molar-refractivity contribution < 1.29 is 23.1 Å². The molecule has 110 valence electrons. The molecule has 19 heavy (non-hydrogen) atoms. The van der Waals surface area contributed by atoms with Crippen LogP contribution in [0.1, 0.15) is 25.7 Å². The van der Waals surface area contributed by atoms with Gasteiger partial charge in [-0.2, -0.15) is 17.0 Å². The molecule has 0 aromatic heterocycles. The number of rotatable bonds is 3. The second-order valence-electron chi connectivity index (χ2n) is 4.83. The number of carboxylic acids is 1. The highest BCUT2D eigenvalue weighted by atomic mass is 32.2. The number of ether oxygens (including phenoxy) is 1. The van der Waals surface area contributed by atoms with Gasteiger partial charge in [-0.05, 0) is 12.8 Å². The number of hydrogen-bond donors (Lipinski definition) is 1. The van der Waals surface area contributed by atoms with E-state index in [2.05, 4.69) is 0 Å². The Balaban J connectivity index is 2.21. The third-order valence-corrected chi connectivity index (χ3v) is 5.63. The zero-order valence-electron chi connectivity index (χ0n) is 10.8. The first-order valence-corrected chi connectivity index (χ1v) is 8.00. The molecule has 0 spiro atoms. The van der Waals surface area contributed by atoms with Gasteiger partial charge in [-0.1, -0.05) is 12.8 Å². The molecule has 2 fully saturated rings. The predicted octanol–water partition coefficient (Wildman–Crippen LogP) is -0.107. The number of morpholine rings is 1. The molecule has 2 aliphatic rings. The van der Waals surface area contributed by atoms with Crippen LogP contribution in [0.25, 0.3) is 0 Å². The Morgan fingerprint density at radius 3 is 2.42 bits per heavy atom. The fourth-order valence-electron chi connectivity index (χ4n) is 2.53. The molecule has 2 rings (SSSR count). The Labute approximate surface area is 113 Å². The largest absolute Gasteiger partial charge is 0.480 e. The van der Waals surface area contributed by atoms with Crippen molar-refractivity contribution >= 4 is 16.2 Å². The SMILES string of the molecule is O=C(O)C1CCCCCN1S(=O)(=O)N1CCOCC1. The van der Waals surface area contributed by atoms with Crippen molar-refractivity contribution in [1.82, 2.24) is 8.61 Å². The zero-order chi connectivity index (χ0) is 13.9. The van der Waals surface area contributed by atoms with Gasteiger partial charge >= 0.3 is 5.97 Å². The van der Waals surface area contributed by atoms with E-state index in [-0.39, 0.29) is 6.54 Å². The first-order chi connectivity index (χ1) is 9.03. The number of aliphatic carboxylic acids is 1. The quantitative estimate of drug-likeness (QED) is 0.784. The van der Waals surface area contributed by atoms with Crippen molar-refractivity contribution in [2.24, 2.45) is 0 Å². The Kier molecular flexibility index (Phi) is 4.77. The normalized spacial score (nSPS) is 27.9. The zero-order valence-corrected chi connectivity index (χ0v) is 11.6. The lowest BCUT2D eigenvalue weighted by Gasteiger charge is -2.34. The van der Waals surface area contributed by atoms with E-state index < -0.39 is 22.2 Å². The molecule has 1 unspecified atom stereocenters. The highest BCUT2D eigenvalue weighted by Crippen LogP contribution is 2.23. The van der Waals surface area contributed by atoms with Crippen LogP contribution >= 0.6 is 0 Å². The van der Waals surface area contributed by atoms with Crippen molar-refractivity contribution in [3.05, 3.63) is 0 Å². The van der Waals surface area contributed by atoms with Gasteiger partial charge in [-0.25, -0.2) is 0 Å². The summed E-state index contributed by atoms with van der Waals surface area (Å²) < 4.78 is 32.7. The highest BCUT2D eigenvalue weighted by Gasteiger charge is 2.39. The van der Waals surface area contributed by atoms with Gasteiger partial charge < -0.3 is 9.84 Å². The van der Waals surface area contributed by atoms with Gasteiger partial charge in [-0.15, -0.1) is 0 Å². The second kappa shape index (κ2) is 6.17. The molecular weight excluding hydrogens is 272 g/mol. The minimum atomic E-state index is -3.70. The van der Waals surface area contributed by atoms with E-state index in [1.54, 1.807) is 0 Å². The number of nitrogens with zero attached hydrogens (tertiary/aromatic N) is 2. The minimum absolute atomic E-state index is 0.288. The van der Waals surface area contributed by atoms with E-state index in [1.807, 2.05) is 0 Å². The fraction of sp³-hybridized carbons (Fsp3) is 0.909. The maximum absolute atomic E-state index is 12.5. The third kappa shape index (κ3) is 3.25. The molecule has 7 nitrogen and oxygen atoms in total. The van der Waals surface area contributed by atoms with Gasteiger partial charge in [0.25, 0.3) is 10.2 Å². The van der Waals surface area contributed by atoms with Gasteiger partial charge in [0.15, 0.2) is 0 Å². The predicted molar refractivity (Wildman–Crippen MR) is 67.9 cm³/mol. The Bertz CT molecular complexity index is 419. The summed E-state index contributed by atoms with van der Waals surface area (Å²) in [4.78, 5) is 11.3.